The third-order valence-corrected chi connectivity index (χ3v) is 5.48. The summed E-state index contributed by atoms with van der Waals surface area (Å²) in [7, 11) is 0. The number of aromatic amines is 2. The van der Waals surface area contributed by atoms with Crippen LogP contribution < -0.4 is 10.9 Å². The van der Waals surface area contributed by atoms with Gasteiger partial charge in [0.2, 0.25) is 0 Å². The molecule has 2 atom stereocenters. The van der Waals surface area contributed by atoms with Crippen molar-refractivity contribution in [3.05, 3.63) is 34.1 Å². The molecular formula is C15H19Cl2N5OS. The fourth-order valence-corrected chi connectivity index (χ4v) is 4.10. The van der Waals surface area contributed by atoms with E-state index in [0.29, 0.717) is 10.6 Å². The first-order valence-corrected chi connectivity index (χ1v) is 8.22. The Kier molecular flexibility index (Phi) is 5.70. The Balaban J connectivity index is 0.00000104. The first-order chi connectivity index (χ1) is 10.6. The van der Waals surface area contributed by atoms with Gasteiger partial charge < -0.3 is 10.3 Å². The van der Waals surface area contributed by atoms with Crippen molar-refractivity contribution in [2.75, 3.05) is 6.54 Å². The van der Waals surface area contributed by atoms with E-state index in [1.54, 1.807) is 6.20 Å². The third-order valence-electron chi connectivity index (χ3n) is 4.32. The van der Waals surface area contributed by atoms with E-state index in [1.807, 2.05) is 13.0 Å². The van der Waals surface area contributed by atoms with Crippen LogP contribution in [-0.2, 0) is 0 Å². The Morgan fingerprint density at radius 3 is 2.75 bits per heavy atom. The summed E-state index contributed by atoms with van der Waals surface area (Å²) >= 11 is 1.46. The van der Waals surface area contributed by atoms with Crippen LogP contribution >= 0.6 is 36.2 Å². The predicted octanol–water partition coefficient (Wildman–Crippen LogP) is 3.20. The van der Waals surface area contributed by atoms with Crippen molar-refractivity contribution in [3.63, 3.8) is 0 Å². The lowest BCUT2D eigenvalue weighted by Crippen LogP contribution is -2.22. The number of fused-ring (bicyclic) bond motifs is 1. The van der Waals surface area contributed by atoms with Crippen LogP contribution in [0.5, 0.6) is 0 Å². The van der Waals surface area contributed by atoms with Gasteiger partial charge in [-0.05, 0) is 31.9 Å². The standard InChI is InChI=1S/C15H17N5OS.2ClH/c1-7-3-4-16-12(7)14-18-10-5-11(9-6-17-20-8(9)2)22-13(10)15(21)19-14;;/h5-7,12,16H,3-4H2,1-2H3,(H,17,20)(H,18,19,21);2*1H/t7-,12-;;/m0../s1. The molecule has 130 valence electrons. The lowest BCUT2D eigenvalue weighted by Gasteiger charge is -2.14. The third kappa shape index (κ3) is 3.09. The van der Waals surface area contributed by atoms with Crippen LogP contribution in [0.2, 0.25) is 0 Å². The zero-order valence-corrected chi connectivity index (χ0v) is 15.7. The number of nitrogens with one attached hydrogen (secondary N) is 3. The fourth-order valence-electron chi connectivity index (χ4n) is 3.04. The number of thiophene rings is 1. The Morgan fingerprint density at radius 1 is 1.33 bits per heavy atom. The SMILES string of the molecule is Cc1[nH]ncc1-c1cc2nc([C@H]3NCC[C@@H]3C)[nH]c(=O)c2s1.Cl.Cl. The van der Waals surface area contributed by atoms with Gasteiger partial charge in [-0.1, -0.05) is 6.92 Å². The minimum atomic E-state index is -0.0571. The van der Waals surface area contributed by atoms with Gasteiger partial charge in [0.1, 0.15) is 10.5 Å². The first kappa shape index (κ1) is 18.9. The molecule has 0 aliphatic carbocycles. The molecule has 24 heavy (non-hydrogen) atoms. The topological polar surface area (TPSA) is 86.5 Å². The van der Waals surface area contributed by atoms with E-state index in [0.717, 1.165) is 40.4 Å². The molecule has 0 bridgehead atoms. The highest BCUT2D eigenvalue weighted by atomic mass is 35.5. The maximum Gasteiger partial charge on any atom is 0.268 e. The largest absolute Gasteiger partial charge is 0.308 e. The maximum absolute atomic E-state index is 12.4. The van der Waals surface area contributed by atoms with Crippen LogP contribution in [0.3, 0.4) is 0 Å². The average Bonchev–Trinajstić information content (AvgIpc) is 3.17. The monoisotopic (exact) mass is 387 g/mol. The molecule has 6 nitrogen and oxygen atoms in total. The van der Waals surface area contributed by atoms with Crippen molar-refractivity contribution in [1.29, 1.82) is 0 Å². The molecule has 1 saturated heterocycles. The lowest BCUT2D eigenvalue weighted by molar-refractivity contribution is 0.480. The van der Waals surface area contributed by atoms with Crippen LogP contribution in [0.4, 0.5) is 0 Å². The number of hydrogen-bond donors (Lipinski definition) is 3. The van der Waals surface area contributed by atoms with Gasteiger partial charge in [0, 0.05) is 16.1 Å². The molecule has 1 aliphatic rings. The highest BCUT2D eigenvalue weighted by molar-refractivity contribution is 7.22. The van der Waals surface area contributed by atoms with E-state index >= 15 is 0 Å². The highest BCUT2D eigenvalue weighted by Crippen LogP contribution is 2.33. The number of halogens is 2. The molecule has 0 radical (unpaired) electrons. The van der Waals surface area contributed by atoms with Crippen LogP contribution in [-0.4, -0.2) is 26.7 Å². The van der Waals surface area contributed by atoms with Gasteiger partial charge in [-0.15, -0.1) is 36.2 Å². The number of aromatic nitrogens is 4. The van der Waals surface area contributed by atoms with Crippen LogP contribution in [0.15, 0.2) is 17.1 Å². The van der Waals surface area contributed by atoms with Crippen LogP contribution in [0, 0.1) is 12.8 Å². The fraction of sp³-hybridized carbons (Fsp3) is 0.400. The van der Waals surface area contributed by atoms with Gasteiger partial charge >= 0.3 is 0 Å². The molecule has 3 aromatic heterocycles. The Bertz CT molecular complexity index is 903. The molecule has 9 heteroatoms. The zero-order valence-electron chi connectivity index (χ0n) is 13.3. The number of nitrogens with zero attached hydrogens (tertiary/aromatic N) is 2. The number of hydrogen-bond acceptors (Lipinski definition) is 5. The normalized spacial score (nSPS) is 19.9. The molecule has 0 spiro atoms. The van der Waals surface area contributed by atoms with Gasteiger partial charge in [0.25, 0.3) is 5.56 Å². The van der Waals surface area contributed by atoms with Crippen molar-refractivity contribution in [2.24, 2.45) is 5.92 Å². The molecular weight excluding hydrogens is 369 g/mol. The van der Waals surface area contributed by atoms with E-state index in [4.69, 9.17) is 4.98 Å². The van der Waals surface area contributed by atoms with Gasteiger partial charge in [-0.2, -0.15) is 5.10 Å². The van der Waals surface area contributed by atoms with E-state index in [1.165, 1.54) is 11.3 Å². The maximum atomic E-state index is 12.4. The van der Waals surface area contributed by atoms with E-state index in [-0.39, 0.29) is 36.4 Å². The van der Waals surface area contributed by atoms with E-state index in [2.05, 4.69) is 27.4 Å². The van der Waals surface area contributed by atoms with Gasteiger partial charge in [0.15, 0.2) is 0 Å². The van der Waals surface area contributed by atoms with Crippen molar-refractivity contribution < 1.29 is 0 Å². The predicted molar refractivity (Wildman–Crippen MR) is 102 cm³/mol. The van der Waals surface area contributed by atoms with Crippen molar-refractivity contribution in [1.82, 2.24) is 25.5 Å². The Labute approximate surface area is 155 Å². The first-order valence-electron chi connectivity index (χ1n) is 7.41. The Hall–Kier alpha value is -1.41. The lowest BCUT2D eigenvalue weighted by atomic mass is 10.0. The summed E-state index contributed by atoms with van der Waals surface area (Å²) in [6, 6.07) is 2.12. The molecule has 4 rings (SSSR count). The average molecular weight is 388 g/mol. The summed E-state index contributed by atoms with van der Waals surface area (Å²) < 4.78 is 0.671. The smallest absolute Gasteiger partial charge is 0.268 e. The van der Waals surface area contributed by atoms with Gasteiger partial charge in [-0.3, -0.25) is 9.89 Å². The number of H-pyrrole nitrogens is 2. The van der Waals surface area contributed by atoms with E-state index in [9.17, 15) is 4.79 Å². The summed E-state index contributed by atoms with van der Waals surface area (Å²) in [5.74, 6) is 1.23. The molecule has 0 unspecified atom stereocenters. The second-order valence-corrected chi connectivity index (χ2v) is 6.93. The summed E-state index contributed by atoms with van der Waals surface area (Å²) in [4.78, 5) is 21.1. The van der Waals surface area contributed by atoms with Gasteiger partial charge in [-0.25, -0.2) is 4.98 Å². The van der Waals surface area contributed by atoms with Crippen molar-refractivity contribution >= 4 is 46.4 Å². The van der Waals surface area contributed by atoms with E-state index < -0.39 is 0 Å². The van der Waals surface area contributed by atoms with Crippen molar-refractivity contribution in [3.8, 4) is 10.4 Å². The molecule has 0 saturated carbocycles. The quantitative estimate of drug-likeness (QED) is 0.629. The minimum absolute atomic E-state index is 0. The van der Waals surface area contributed by atoms with Crippen molar-refractivity contribution in [2.45, 2.75) is 26.3 Å². The van der Waals surface area contributed by atoms with Crippen LogP contribution in [0.25, 0.3) is 20.7 Å². The summed E-state index contributed by atoms with van der Waals surface area (Å²) in [6.45, 7) is 5.12. The van der Waals surface area contributed by atoms with Gasteiger partial charge in [0.05, 0.1) is 17.8 Å². The molecule has 1 aliphatic heterocycles. The summed E-state index contributed by atoms with van der Waals surface area (Å²) in [6.07, 6.45) is 2.89. The van der Waals surface area contributed by atoms with Crippen LogP contribution in [0.1, 0.15) is 30.9 Å². The minimum Gasteiger partial charge on any atom is -0.308 e. The molecule has 3 N–H and O–H groups in total. The molecule has 1 fully saturated rings. The Morgan fingerprint density at radius 2 is 2.12 bits per heavy atom. The summed E-state index contributed by atoms with van der Waals surface area (Å²) in [5, 5.41) is 10.4. The number of rotatable bonds is 2. The second-order valence-electron chi connectivity index (χ2n) is 5.88. The number of aryl methyl sites for hydroxylation is 1. The molecule has 0 aromatic carbocycles. The zero-order chi connectivity index (χ0) is 15.3. The molecule has 4 heterocycles. The molecule has 0 amide bonds. The molecule has 3 aromatic rings. The second kappa shape index (κ2) is 7.23. The summed E-state index contributed by atoms with van der Waals surface area (Å²) in [5.41, 5.74) is 2.73. The highest BCUT2D eigenvalue weighted by Gasteiger charge is 2.27.